The Bertz CT molecular complexity index is 359. The molecule has 1 aromatic rings. The Hall–Kier alpha value is -0.120. The SMILES string of the molecule is CSc1cccc(CC2CCNCC2)c1SC. The summed E-state index contributed by atoms with van der Waals surface area (Å²) in [5.74, 6) is 0.874. The summed E-state index contributed by atoms with van der Waals surface area (Å²) in [6, 6.07) is 6.76. The normalized spacial score (nSPS) is 17.3. The van der Waals surface area contributed by atoms with E-state index in [9.17, 15) is 0 Å². The molecule has 1 N–H and O–H groups in total. The van der Waals surface area contributed by atoms with Crippen LogP contribution in [0.5, 0.6) is 0 Å². The summed E-state index contributed by atoms with van der Waals surface area (Å²) >= 11 is 3.76. The van der Waals surface area contributed by atoms with E-state index in [0.717, 1.165) is 5.92 Å². The highest BCUT2D eigenvalue weighted by molar-refractivity contribution is 8.01. The fourth-order valence-electron chi connectivity index (χ4n) is 2.51. The summed E-state index contributed by atoms with van der Waals surface area (Å²) in [5, 5.41) is 3.44. The van der Waals surface area contributed by atoms with E-state index in [1.165, 1.54) is 42.1 Å². The van der Waals surface area contributed by atoms with E-state index in [0.29, 0.717) is 0 Å². The zero-order valence-corrected chi connectivity index (χ0v) is 12.3. The number of rotatable bonds is 4. The van der Waals surface area contributed by atoms with Crippen molar-refractivity contribution in [1.29, 1.82) is 0 Å². The lowest BCUT2D eigenvalue weighted by atomic mass is 9.91. The Morgan fingerprint density at radius 2 is 1.94 bits per heavy atom. The van der Waals surface area contributed by atoms with Crippen LogP contribution >= 0.6 is 23.5 Å². The van der Waals surface area contributed by atoms with Crippen LogP contribution in [0.2, 0.25) is 0 Å². The molecule has 94 valence electrons. The topological polar surface area (TPSA) is 12.0 Å². The number of benzene rings is 1. The summed E-state index contributed by atoms with van der Waals surface area (Å²) in [6.07, 6.45) is 8.28. The van der Waals surface area contributed by atoms with Crippen molar-refractivity contribution < 1.29 is 0 Å². The number of hydrogen-bond donors (Lipinski definition) is 1. The second-order valence-electron chi connectivity index (χ2n) is 4.55. The lowest BCUT2D eigenvalue weighted by Crippen LogP contribution is -2.28. The highest BCUT2D eigenvalue weighted by Crippen LogP contribution is 2.33. The van der Waals surface area contributed by atoms with Crippen LogP contribution < -0.4 is 5.32 Å². The average molecular weight is 267 g/mol. The summed E-state index contributed by atoms with van der Waals surface area (Å²) in [6.45, 7) is 2.39. The molecule has 0 bridgehead atoms. The molecule has 1 fully saturated rings. The molecule has 1 aromatic carbocycles. The molecule has 1 aliphatic rings. The van der Waals surface area contributed by atoms with Crippen LogP contribution in [-0.2, 0) is 6.42 Å². The molecule has 0 aliphatic carbocycles. The van der Waals surface area contributed by atoms with Gasteiger partial charge in [-0.2, -0.15) is 0 Å². The molecule has 17 heavy (non-hydrogen) atoms. The molecular weight excluding hydrogens is 246 g/mol. The van der Waals surface area contributed by atoms with E-state index in [1.54, 1.807) is 5.56 Å². The maximum absolute atomic E-state index is 3.44. The van der Waals surface area contributed by atoms with E-state index in [1.807, 2.05) is 23.5 Å². The minimum Gasteiger partial charge on any atom is -0.317 e. The van der Waals surface area contributed by atoms with Crippen molar-refractivity contribution in [2.24, 2.45) is 5.92 Å². The van der Waals surface area contributed by atoms with Crippen molar-refractivity contribution in [2.45, 2.75) is 29.1 Å². The monoisotopic (exact) mass is 267 g/mol. The minimum absolute atomic E-state index is 0.874. The smallest absolute Gasteiger partial charge is 0.0237 e. The third-order valence-corrected chi connectivity index (χ3v) is 5.25. The van der Waals surface area contributed by atoms with Crippen LogP contribution in [0.25, 0.3) is 0 Å². The first-order valence-corrected chi connectivity index (χ1v) is 8.70. The maximum Gasteiger partial charge on any atom is 0.0237 e. The third kappa shape index (κ3) is 3.43. The highest BCUT2D eigenvalue weighted by Gasteiger charge is 2.16. The number of thioether (sulfide) groups is 2. The summed E-state index contributed by atoms with van der Waals surface area (Å²) < 4.78 is 0. The molecule has 1 saturated heterocycles. The van der Waals surface area contributed by atoms with Gasteiger partial charge in [0.15, 0.2) is 0 Å². The van der Waals surface area contributed by atoms with E-state index < -0.39 is 0 Å². The van der Waals surface area contributed by atoms with Crippen LogP contribution in [-0.4, -0.2) is 25.6 Å². The van der Waals surface area contributed by atoms with Gasteiger partial charge in [0.25, 0.3) is 0 Å². The predicted molar refractivity (Wildman–Crippen MR) is 79.3 cm³/mol. The Kier molecular flexibility index (Phi) is 5.26. The van der Waals surface area contributed by atoms with Crippen molar-refractivity contribution in [1.82, 2.24) is 5.32 Å². The molecule has 0 saturated carbocycles. The van der Waals surface area contributed by atoms with Crippen LogP contribution in [0.1, 0.15) is 18.4 Å². The van der Waals surface area contributed by atoms with Crippen LogP contribution in [0.15, 0.2) is 28.0 Å². The van der Waals surface area contributed by atoms with Gasteiger partial charge in [0.2, 0.25) is 0 Å². The third-order valence-electron chi connectivity index (χ3n) is 3.45. The Balaban J connectivity index is 2.13. The predicted octanol–water partition coefficient (Wildman–Crippen LogP) is 3.67. The molecule has 0 radical (unpaired) electrons. The number of nitrogens with one attached hydrogen (secondary N) is 1. The molecule has 0 atom stereocenters. The van der Waals surface area contributed by atoms with Gasteiger partial charge in [-0.15, -0.1) is 23.5 Å². The highest BCUT2D eigenvalue weighted by atomic mass is 32.2. The molecular formula is C14H21NS2. The zero-order chi connectivity index (χ0) is 12.1. The van der Waals surface area contributed by atoms with E-state index >= 15 is 0 Å². The van der Waals surface area contributed by atoms with E-state index in [-0.39, 0.29) is 0 Å². The first kappa shape index (κ1) is 13.3. The molecule has 3 heteroatoms. The Morgan fingerprint density at radius 3 is 2.59 bits per heavy atom. The largest absolute Gasteiger partial charge is 0.317 e. The van der Waals surface area contributed by atoms with Gasteiger partial charge in [-0.3, -0.25) is 0 Å². The quantitative estimate of drug-likeness (QED) is 0.836. The summed E-state index contributed by atoms with van der Waals surface area (Å²) in [5.41, 5.74) is 1.55. The number of piperidine rings is 1. The summed E-state index contributed by atoms with van der Waals surface area (Å²) in [4.78, 5) is 2.93. The van der Waals surface area contributed by atoms with Gasteiger partial charge in [-0.1, -0.05) is 12.1 Å². The van der Waals surface area contributed by atoms with E-state index in [2.05, 4.69) is 36.0 Å². The fourth-order valence-corrected chi connectivity index (χ4v) is 4.23. The number of hydrogen-bond acceptors (Lipinski definition) is 3. The molecule has 2 rings (SSSR count). The van der Waals surface area contributed by atoms with Crippen molar-refractivity contribution in [3.05, 3.63) is 23.8 Å². The van der Waals surface area contributed by atoms with Gasteiger partial charge in [-0.25, -0.2) is 0 Å². The lowest BCUT2D eigenvalue weighted by molar-refractivity contribution is 0.371. The maximum atomic E-state index is 3.44. The lowest BCUT2D eigenvalue weighted by Gasteiger charge is -2.23. The van der Waals surface area contributed by atoms with Crippen molar-refractivity contribution in [3.63, 3.8) is 0 Å². The van der Waals surface area contributed by atoms with Gasteiger partial charge in [0.05, 0.1) is 0 Å². The van der Waals surface area contributed by atoms with Gasteiger partial charge in [0, 0.05) is 9.79 Å². The Labute approximate surface area is 113 Å². The zero-order valence-electron chi connectivity index (χ0n) is 10.7. The molecule has 0 amide bonds. The second-order valence-corrected chi connectivity index (χ2v) is 6.21. The second kappa shape index (κ2) is 6.72. The molecule has 0 unspecified atom stereocenters. The average Bonchev–Trinajstić information content (AvgIpc) is 2.39. The van der Waals surface area contributed by atoms with Gasteiger partial charge in [0.1, 0.15) is 0 Å². The van der Waals surface area contributed by atoms with Gasteiger partial charge in [-0.05, 0) is 62.4 Å². The van der Waals surface area contributed by atoms with Crippen molar-refractivity contribution in [3.8, 4) is 0 Å². The van der Waals surface area contributed by atoms with E-state index in [4.69, 9.17) is 0 Å². The van der Waals surface area contributed by atoms with Gasteiger partial charge < -0.3 is 5.32 Å². The van der Waals surface area contributed by atoms with Crippen molar-refractivity contribution in [2.75, 3.05) is 25.6 Å². The standard InChI is InChI=1S/C14H21NS2/c1-16-13-5-3-4-12(14(13)17-2)10-11-6-8-15-9-7-11/h3-5,11,15H,6-10H2,1-2H3. The Morgan fingerprint density at radius 1 is 1.18 bits per heavy atom. The van der Waals surface area contributed by atoms with Gasteiger partial charge >= 0.3 is 0 Å². The van der Waals surface area contributed by atoms with Crippen molar-refractivity contribution >= 4 is 23.5 Å². The fraction of sp³-hybridized carbons (Fsp3) is 0.571. The first-order valence-electron chi connectivity index (χ1n) is 6.25. The molecule has 1 aliphatic heterocycles. The van der Waals surface area contributed by atoms with Crippen LogP contribution in [0.4, 0.5) is 0 Å². The molecule has 0 aromatic heterocycles. The minimum atomic E-state index is 0.874. The molecule has 0 spiro atoms. The molecule has 1 heterocycles. The van der Waals surface area contributed by atoms with Crippen LogP contribution in [0, 0.1) is 5.92 Å². The van der Waals surface area contributed by atoms with Crippen LogP contribution in [0.3, 0.4) is 0 Å². The first-order chi connectivity index (χ1) is 8.35. The molecule has 1 nitrogen and oxygen atoms in total. The summed E-state index contributed by atoms with van der Waals surface area (Å²) in [7, 11) is 0.